The van der Waals surface area contributed by atoms with Crippen molar-refractivity contribution in [1.29, 1.82) is 5.41 Å². The van der Waals surface area contributed by atoms with Gasteiger partial charge in [-0.1, -0.05) is 35.3 Å². The van der Waals surface area contributed by atoms with E-state index >= 15 is 0 Å². The Kier molecular flexibility index (Phi) is 3.61. The lowest BCUT2D eigenvalue weighted by atomic mass is 10.2. The monoisotopic (exact) mass is 265 g/mol. The molecule has 0 bridgehead atoms. The molecule has 1 heterocycles. The van der Waals surface area contributed by atoms with Gasteiger partial charge in [0.05, 0.1) is 11.9 Å². The van der Waals surface area contributed by atoms with Crippen molar-refractivity contribution in [2.45, 2.75) is 0 Å². The second-order valence-corrected chi connectivity index (χ2v) is 4.22. The molecule has 5 heteroatoms. The molecule has 0 saturated heterocycles. The Morgan fingerprint density at radius 2 is 2.24 bits per heavy atom. The minimum Gasteiger partial charge on any atom is -0.338 e. The fourth-order valence-electron chi connectivity index (χ4n) is 1.38. The van der Waals surface area contributed by atoms with Crippen molar-refractivity contribution in [1.82, 2.24) is 9.97 Å². The Morgan fingerprint density at radius 1 is 1.41 bits per heavy atom. The maximum atomic E-state index is 7.06. The molecule has 0 aliphatic heterocycles. The fraction of sp³-hybridized carbons (Fsp3) is 0. The van der Waals surface area contributed by atoms with E-state index in [9.17, 15) is 0 Å². The number of hydrogen-bond acceptors (Lipinski definition) is 2. The molecule has 1 aromatic heterocycles. The van der Waals surface area contributed by atoms with Gasteiger partial charge < -0.3 is 4.98 Å². The summed E-state index contributed by atoms with van der Waals surface area (Å²) in [6.45, 7) is 0. The van der Waals surface area contributed by atoms with Crippen molar-refractivity contribution in [2.24, 2.45) is 0 Å². The van der Waals surface area contributed by atoms with Crippen LogP contribution in [0.1, 0.15) is 5.82 Å². The zero-order chi connectivity index (χ0) is 12.3. The number of hydrogen-bond donors (Lipinski definition) is 2. The van der Waals surface area contributed by atoms with E-state index in [0.29, 0.717) is 10.8 Å². The van der Waals surface area contributed by atoms with Gasteiger partial charge in [0.1, 0.15) is 11.0 Å². The second-order valence-electron chi connectivity index (χ2n) is 3.37. The van der Waals surface area contributed by atoms with Crippen LogP contribution in [-0.2, 0) is 0 Å². The van der Waals surface area contributed by atoms with Crippen molar-refractivity contribution in [3.63, 3.8) is 0 Å². The number of benzene rings is 1. The summed E-state index contributed by atoms with van der Waals surface area (Å²) in [5.74, 6) is 0.644. The molecule has 86 valence electrons. The Hall–Kier alpha value is -1.58. The van der Waals surface area contributed by atoms with Crippen LogP contribution < -0.4 is 0 Å². The van der Waals surface area contributed by atoms with Crippen LogP contribution in [-0.4, -0.2) is 15.1 Å². The van der Waals surface area contributed by atoms with E-state index in [-0.39, 0.29) is 5.17 Å². The zero-order valence-electron chi connectivity index (χ0n) is 8.74. The highest BCUT2D eigenvalue weighted by atomic mass is 35.5. The van der Waals surface area contributed by atoms with Crippen LogP contribution in [0.25, 0.3) is 17.3 Å². The smallest absolute Gasteiger partial charge is 0.130 e. The molecular formula is C12H9Cl2N3. The molecule has 2 rings (SSSR count). The third kappa shape index (κ3) is 3.19. The van der Waals surface area contributed by atoms with Gasteiger partial charge in [0, 0.05) is 10.6 Å². The summed E-state index contributed by atoms with van der Waals surface area (Å²) in [5.41, 5.74) is 1.83. The fourth-order valence-corrected chi connectivity index (χ4v) is 1.63. The lowest BCUT2D eigenvalue weighted by molar-refractivity contribution is 1.27. The van der Waals surface area contributed by atoms with Gasteiger partial charge in [-0.3, -0.25) is 5.41 Å². The molecule has 1 aromatic carbocycles. The molecule has 2 aromatic rings. The molecule has 0 spiro atoms. The zero-order valence-corrected chi connectivity index (χ0v) is 10.3. The van der Waals surface area contributed by atoms with Gasteiger partial charge in [0.2, 0.25) is 0 Å². The number of aromatic amines is 1. The van der Waals surface area contributed by atoms with Crippen LogP contribution in [0.3, 0.4) is 0 Å². The first-order valence-electron chi connectivity index (χ1n) is 4.88. The van der Waals surface area contributed by atoms with E-state index in [1.54, 1.807) is 12.3 Å². The first-order chi connectivity index (χ1) is 8.15. The minimum atomic E-state index is -0.0364. The van der Waals surface area contributed by atoms with Gasteiger partial charge in [-0.15, -0.1) is 0 Å². The van der Waals surface area contributed by atoms with Gasteiger partial charge in [0.25, 0.3) is 0 Å². The first kappa shape index (κ1) is 11.9. The average molecular weight is 266 g/mol. The number of allylic oxidation sites excluding steroid dienone is 1. The van der Waals surface area contributed by atoms with Crippen molar-refractivity contribution >= 4 is 34.4 Å². The van der Waals surface area contributed by atoms with Crippen molar-refractivity contribution in [2.75, 3.05) is 0 Å². The second kappa shape index (κ2) is 5.17. The molecule has 0 amide bonds. The maximum Gasteiger partial charge on any atom is 0.130 e. The Bertz CT molecular complexity index is 573. The quantitative estimate of drug-likeness (QED) is 0.811. The molecule has 0 aliphatic carbocycles. The molecule has 0 radical (unpaired) electrons. The predicted molar refractivity (Wildman–Crippen MR) is 71.6 cm³/mol. The largest absolute Gasteiger partial charge is 0.338 e. The number of aromatic nitrogens is 2. The van der Waals surface area contributed by atoms with Crippen LogP contribution in [0.2, 0.25) is 5.02 Å². The number of halogens is 2. The van der Waals surface area contributed by atoms with Crippen LogP contribution >= 0.6 is 23.2 Å². The van der Waals surface area contributed by atoms with Gasteiger partial charge in [0.15, 0.2) is 0 Å². The molecule has 17 heavy (non-hydrogen) atoms. The van der Waals surface area contributed by atoms with Gasteiger partial charge >= 0.3 is 0 Å². The van der Waals surface area contributed by atoms with E-state index in [1.807, 2.05) is 24.3 Å². The third-order valence-corrected chi connectivity index (χ3v) is 2.48. The summed E-state index contributed by atoms with van der Waals surface area (Å²) in [4.78, 5) is 7.25. The number of imidazole rings is 1. The van der Waals surface area contributed by atoms with E-state index in [1.165, 1.54) is 6.08 Å². The lowest BCUT2D eigenvalue weighted by Gasteiger charge is -1.97. The standard InChI is InChI=1S/C12H9Cl2N3/c13-9-3-1-2-8(6-9)10-7-16-12(17-10)5-4-11(14)15/h1-7,15H,(H,16,17)/b5-4-,15-11?. The summed E-state index contributed by atoms with van der Waals surface area (Å²) < 4.78 is 0. The maximum absolute atomic E-state index is 7.06. The SMILES string of the molecule is N=C(Cl)/C=C\c1ncc(-c2cccc(Cl)c2)[nH]1. The van der Waals surface area contributed by atoms with Gasteiger partial charge in [-0.2, -0.15) is 0 Å². The van der Waals surface area contributed by atoms with Crippen LogP contribution in [0.5, 0.6) is 0 Å². The van der Waals surface area contributed by atoms with Crippen LogP contribution in [0, 0.1) is 5.41 Å². The molecule has 2 N–H and O–H groups in total. The molecule has 0 fully saturated rings. The molecule has 0 aliphatic rings. The molecule has 0 unspecified atom stereocenters. The van der Waals surface area contributed by atoms with E-state index < -0.39 is 0 Å². The predicted octanol–water partition coefficient (Wildman–Crippen LogP) is 3.96. The van der Waals surface area contributed by atoms with Crippen LogP contribution in [0.4, 0.5) is 0 Å². The van der Waals surface area contributed by atoms with Crippen molar-refractivity contribution in [3.8, 4) is 11.3 Å². The van der Waals surface area contributed by atoms with Gasteiger partial charge in [-0.05, 0) is 24.3 Å². The normalized spacial score (nSPS) is 10.9. The topological polar surface area (TPSA) is 52.5 Å². The molecule has 3 nitrogen and oxygen atoms in total. The van der Waals surface area contributed by atoms with Crippen LogP contribution in [0.15, 0.2) is 36.5 Å². The number of nitrogens with one attached hydrogen (secondary N) is 2. The summed E-state index contributed by atoms with van der Waals surface area (Å²) in [5, 5.41) is 7.70. The van der Waals surface area contributed by atoms with Crippen molar-refractivity contribution in [3.05, 3.63) is 47.4 Å². The number of nitrogens with zero attached hydrogens (tertiary/aromatic N) is 1. The third-order valence-electron chi connectivity index (χ3n) is 2.12. The summed E-state index contributed by atoms with van der Waals surface area (Å²) >= 11 is 11.3. The highest BCUT2D eigenvalue weighted by molar-refractivity contribution is 6.67. The Labute approximate surface area is 109 Å². The number of rotatable bonds is 3. The Balaban J connectivity index is 2.27. The lowest BCUT2D eigenvalue weighted by Crippen LogP contribution is -1.79. The summed E-state index contributed by atoms with van der Waals surface area (Å²) in [7, 11) is 0. The molecular weight excluding hydrogens is 257 g/mol. The molecule has 0 saturated carbocycles. The van der Waals surface area contributed by atoms with Gasteiger partial charge in [-0.25, -0.2) is 4.98 Å². The highest BCUT2D eigenvalue weighted by Gasteiger charge is 2.01. The minimum absolute atomic E-state index is 0.0364. The van der Waals surface area contributed by atoms with E-state index in [4.69, 9.17) is 28.6 Å². The molecule has 0 atom stereocenters. The highest BCUT2D eigenvalue weighted by Crippen LogP contribution is 2.21. The number of H-pyrrole nitrogens is 1. The Morgan fingerprint density at radius 3 is 2.94 bits per heavy atom. The van der Waals surface area contributed by atoms with E-state index in [0.717, 1.165) is 11.3 Å². The average Bonchev–Trinajstić information content (AvgIpc) is 2.75. The summed E-state index contributed by atoms with van der Waals surface area (Å²) in [6.07, 6.45) is 4.81. The van der Waals surface area contributed by atoms with E-state index in [2.05, 4.69) is 9.97 Å². The summed E-state index contributed by atoms with van der Waals surface area (Å²) in [6, 6.07) is 7.49. The first-order valence-corrected chi connectivity index (χ1v) is 5.64. The van der Waals surface area contributed by atoms with Crippen molar-refractivity contribution < 1.29 is 0 Å².